The summed E-state index contributed by atoms with van der Waals surface area (Å²) < 4.78 is 1.06. The van der Waals surface area contributed by atoms with E-state index in [-0.39, 0.29) is 11.1 Å². The maximum Gasteiger partial charge on any atom is 0.127 e. The fourth-order valence-electron chi connectivity index (χ4n) is 5.82. The van der Waals surface area contributed by atoms with Gasteiger partial charge in [0.2, 0.25) is 0 Å². The van der Waals surface area contributed by atoms with Crippen LogP contribution in [0.3, 0.4) is 0 Å². The third-order valence-corrected chi connectivity index (χ3v) is 8.88. The van der Waals surface area contributed by atoms with Gasteiger partial charge in [0, 0.05) is 16.9 Å². The van der Waals surface area contributed by atoms with Gasteiger partial charge in [0.25, 0.3) is 0 Å². The molecule has 0 amide bonds. The number of rotatable bonds is 7. The lowest BCUT2D eigenvalue weighted by Crippen LogP contribution is -2.42. The first kappa shape index (κ1) is 27.2. The normalized spacial score (nSPS) is 16.2. The van der Waals surface area contributed by atoms with Crippen LogP contribution >= 0.6 is 15.9 Å². The van der Waals surface area contributed by atoms with Gasteiger partial charge >= 0.3 is 0 Å². The lowest BCUT2D eigenvalue weighted by atomic mass is 9.72. The molecule has 0 aliphatic heterocycles. The highest BCUT2D eigenvalue weighted by atomic mass is 79.9. The molecule has 7 rings (SSSR count). The molecule has 0 radical (unpaired) electrons. The molecule has 2 aliphatic rings. The molecule has 0 atom stereocenters. The lowest BCUT2D eigenvalue weighted by Gasteiger charge is -2.43. The first-order valence-corrected chi connectivity index (χ1v) is 15.2. The summed E-state index contributed by atoms with van der Waals surface area (Å²) in [5.74, 6) is 1.89. The Morgan fingerprint density at radius 1 is 0.512 bits per heavy atom. The van der Waals surface area contributed by atoms with Gasteiger partial charge in [0.1, 0.15) is 11.6 Å². The predicted molar refractivity (Wildman–Crippen MR) is 173 cm³/mol. The largest absolute Gasteiger partial charge is 0.361 e. The molecule has 5 aromatic rings. The van der Waals surface area contributed by atoms with Crippen molar-refractivity contribution in [3.05, 3.63) is 143 Å². The molecule has 2 aromatic heterocycles. The van der Waals surface area contributed by atoms with Gasteiger partial charge in [-0.25, -0.2) is 9.97 Å². The highest BCUT2D eigenvalue weighted by Gasteiger charge is 2.39. The molecular formula is C36H35BrN4. The number of halogens is 1. The van der Waals surface area contributed by atoms with Gasteiger partial charge in [-0.2, -0.15) is 0 Å². The van der Waals surface area contributed by atoms with Crippen molar-refractivity contribution in [3.8, 4) is 11.1 Å². The molecular weight excluding hydrogens is 568 g/mol. The number of nitrogens with zero attached hydrogens (tertiary/aromatic N) is 2. The number of nitrogens with one attached hydrogen (secondary N) is 2. The summed E-state index contributed by atoms with van der Waals surface area (Å²) >= 11 is 3.49. The number of pyridine rings is 2. The van der Waals surface area contributed by atoms with Gasteiger partial charge in [0.15, 0.2) is 0 Å². The third-order valence-electron chi connectivity index (χ3n) is 8.39. The van der Waals surface area contributed by atoms with Crippen LogP contribution in [0.15, 0.2) is 132 Å². The van der Waals surface area contributed by atoms with Gasteiger partial charge in [-0.05, 0) is 85.0 Å². The molecule has 2 saturated carbocycles. The van der Waals surface area contributed by atoms with Crippen molar-refractivity contribution in [2.45, 2.75) is 49.6 Å². The van der Waals surface area contributed by atoms with E-state index in [4.69, 9.17) is 0 Å². The van der Waals surface area contributed by atoms with E-state index in [0.29, 0.717) is 0 Å². The van der Waals surface area contributed by atoms with Crippen LogP contribution in [0.4, 0.5) is 11.6 Å². The highest BCUT2D eigenvalue weighted by molar-refractivity contribution is 9.10. The zero-order valence-corrected chi connectivity index (χ0v) is 24.7. The van der Waals surface area contributed by atoms with Crippen LogP contribution in [0, 0.1) is 0 Å². The van der Waals surface area contributed by atoms with E-state index in [1.807, 2.05) is 30.6 Å². The van der Waals surface area contributed by atoms with E-state index in [9.17, 15) is 0 Å². The quantitative estimate of drug-likeness (QED) is 0.195. The van der Waals surface area contributed by atoms with E-state index >= 15 is 0 Å². The summed E-state index contributed by atoms with van der Waals surface area (Å²) in [6.07, 6.45) is 10.9. The molecule has 4 nitrogen and oxygen atoms in total. The Balaban J connectivity index is 0.000000152. The van der Waals surface area contributed by atoms with Crippen LogP contribution in [0.2, 0.25) is 0 Å². The summed E-state index contributed by atoms with van der Waals surface area (Å²) in [6, 6.07) is 40.0. The third kappa shape index (κ3) is 6.20. The smallest absolute Gasteiger partial charge is 0.127 e. The summed E-state index contributed by atoms with van der Waals surface area (Å²) in [7, 11) is 0. The van der Waals surface area contributed by atoms with Crippen LogP contribution in [-0.4, -0.2) is 9.97 Å². The first-order valence-electron chi connectivity index (χ1n) is 14.4. The molecule has 206 valence electrons. The average molecular weight is 604 g/mol. The zero-order chi connectivity index (χ0) is 28.0. The topological polar surface area (TPSA) is 49.8 Å². The average Bonchev–Trinajstić information content (AvgIpc) is 2.99. The number of anilines is 2. The van der Waals surface area contributed by atoms with Crippen molar-refractivity contribution >= 4 is 27.6 Å². The molecule has 0 unspecified atom stereocenters. The van der Waals surface area contributed by atoms with E-state index in [0.717, 1.165) is 29.0 Å². The standard InChI is InChI=1S/C21H20N2.C15H15BrN2/c1-3-8-17(9-4-1)18-12-15-22-20(16-18)23-21(13-7-14-21)19-10-5-2-6-11-19;16-13-7-10-17-14(11-13)18-15(8-4-9-15)12-5-2-1-3-6-12/h1-6,8-12,15-16H,7,13-14H2,(H,22,23);1-3,5-7,10-11H,4,8-9H2,(H,17,18). The van der Waals surface area contributed by atoms with Crippen molar-refractivity contribution in [2.24, 2.45) is 0 Å². The molecule has 3 aromatic carbocycles. The number of hydrogen-bond acceptors (Lipinski definition) is 4. The van der Waals surface area contributed by atoms with Crippen LogP contribution < -0.4 is 10.6 Å². The van der Waals surface area contributed by atoms with Crippen molar-refractivity contribution in [1.29, 1.82) is 0 Å². The Morgan fingerprint density at radius 3 is 1.44 bits per heavy atom. The van der Waals surface area contributed by atoms with E-state index < -0.39 is 0 Å². The second-order valence-corrected chi connectivity index (χ2v) is 11.9. The minimum absolute atomic E-state index is 0.0452. The summed E-state index contributed by atoms with van der Waals surface area (Å²) in [5, 5.41) is 7.32. The van der Waals surface area contributed by atoms with Gasteiger partial charge in [0.05, 0.1) is 11.1 Å². The summed E-state index contributed by atoms with van der Waals surface area (Å²) in [6.45, 7) is 0. The minimum atomic E-state index is 0.0452. The van der Waals surface area contributed by atoms with E-state index in [2.05, 4.69) is 134 Å². The lowest BCUT2D eigenvalue weighted by molar-refractivity contribution is 0.283. The van der Waals surface area contributed by atoms with Crippen molar-refractivity contribution in [2.75, 3.05) is 10.6 Å². The Labute approximate surface area is 251 Å². The molecule has 2 fully saturated rings. The van der Waals surface area contributed by atoms with E-state index in [1.54, 1.807) is 0 Å². The second kappa shape index (κ2) is 12.3. The molecule has 2 N–H and O–H groups in total. The van der Waals surface area contributed by atoms with Crippen molar-refractivity contribution < 1.29 is 0 Å². The molecule has 41 heavy (non-hydrogen) atoms. The van der Waals surface area contributed by atoms with E-state index in [1.165, 1.54) is 47.9 Å². The first-order chi connectivity index (χ1) is 20.1. The van der Waals surface area contributed by atoms with Crippen LogP contribution in [0.5, 0.6) is 0 Å². The van der Waals surface area contributed by atoms with Crippen molar-refractivity contribution in [3.63, 3.8) is 0 Å². The molecule has 5 heteroatoms. The zero-order valence-electron chi connectivity index (χ0n) is 23.1. The Hall–Kier alpha value is -3.96. The number of hydrogen-bond donors (Lipinski definition) is 2. The fourth-order valence-corrected chi connectivity index (χ4v) is 6.15. The summed E-state index contributed by atoms with van der Waals surface area (Å²) in [4.78, 5) is 8.94. The Kier molecular flexibility index (Phi) is 8.15. The Bertz CT molecular complexity index is 1550. The number of aromatic nitrogens is 2. The van der Waals surface area contributed by atoms with Gasteiger partial charge < -0.3 is 10.6 Å². The SMILES string of the molecule is Brc1ccnc(NC2(c3ccccc3)CCC2)c1.c1ccc(-c2ccnc(NC3(c4ccccc4)CCC3)c2)cc1. The highest BCUT2D eigenvalue weighted by Crippen LogP contribution is 2.45. The monoisotopic (exact) mass is 602 g/mol. The molecule has 0 bridgehead atoms. The number of benzene rings is 3. The van der Waals surface area contributed by atoms with Gasteiger partial charge in [-0.15, -0.1) is 0 Å². The van der Waals surface area contributed by atoms with Crippen LogP contribution in [-0.2, 0) is 11.1 Å². The molecule has 0 spiro atoms. The predicted octanol–water partition coefficient (Wildman–Crippen LogP) is 9.58. The molecule has 0 saturated heterocycles. The molecule has 2 heterocycles. The van der Waals surface area contributed by atoms with Gasteiger partial charge in [-0.3, -0.25) is 0 Å². The fraction of sp³-hybridized carbons (Fsp3) is 0.222. The molecule has 2 aliphatic carbocycles. The van der Waals surface area contributed by atoms with Gasteiger partial charge in [-0.1, -0.05) is 107 Å². The van der Waals surface area contributed by atoms with Crippen LogP contribution in [0.1, 0.15) is 49.7 Å². The second-order valence-electron chi connectivity index (χ2n) is 11.0. The van der Waals surface area contributed by atoms with Crippen molar-refractivity contribution in [1.82, 2.24) is 9.97 Å². The minimum Gasteiger partial charge on any atom is -0.361 e. The Morgan fingerprint density at radius 2 is 0.976 bits per heavy atom. The van der Waals surface area contributed by atoms with Crippen LogP contribution in [0.25, 0.3) is 11.1 Å². The summed E-state index contributed by atoms with van der Waals surface area (Å²) in [5.41, 5.74) is 5.26. The maximum absolute atomic E-state index is 4.55. The maximum atomic E-state index is 4.55.